The Balaban J connectivity index is 1.49. The van der Waals surface area contributed by atoms with Crippen molar-refractivity contribution in [2.24, 2.45) is 45.5 Å². The number of carbonyl (C=O) groups is 12. The van der Waals surface area contributed by atoms with E-state index in [1.807, 2.05) is 0 Å². The van der Waals surface area contributed by atoms with E-state index >= 15 is 0 Å². The molecule has 9 atom stereocenters. The number of aliphatic hydroxyl groups is 1. The van der Waals surface area contributed by atoms with E-state index in [4.69, 9.17) is 28.7 Å². The zero-order valence-electron chi connectivity index (χ0n) is 51.4. The maximum atomic E-state index is 14.3. The topological polar surface area (TPSA) is 513 Å². The number of hydrazine groups is 1. The van der Waals surface area contributed by atoms with Gasteiger partial charge in [0.2, 0.25) is 59.1 Å². The van der Waals surface area contributed by atoms with Gasteiger partial charge in [-0.25, -0.2) is 10.2 Å². The third-order valence-electron chi connectivity index (χ3n) is 14.7. The van der Waals surface area contributed by atoms with Crippen molar-refractivity contribution >= 4 is 77.0 Å². The van der Waals surface area contributed by atoms with Gasteiger partial charge >= 0.3 is 6.03 Å². The van der Waals surface area contributed by atoms with Gasteiger partial charge in [0.05, 0.1) is 25.5 Å². The van der Waals surface area contributed by atoms with Gasteiger partial charge < -0.3 is 81.6 Å². The van der Waals surface area contributed by atoms with Crippen molar-refractivity contribution in [3.63, 3.8) is 0 Å². The third kappa shape index (κ3) is 27.2. The summed E-state index contributed by atoms with van der Waals surface area (Å²) < 4.78 is 0. The van der Waals surface area contributed by atoms with E-state index in [1.165, 1.54) is 19.4 Å². The van der Waals surface area contributed by atoms with Gasteiger partial charge in [-0.2, -0.15) is 0 Å². The fourth-order valence-electron chi connectivity index (χ4n) is 9.89. The van der Waals surface area contributed by atoms with Crippen molar-refractivity contribution in [2.45, 2.75) is 158 Å². The molecule has 0 saturated heterocycles. The smallest absolute Gasteiger partial charge is 0.334 e. The number of aromatic nitrogens is 1. The largest absolute Gasteiger partial charge is 0.394 e. The summed E-state index contributed by atoms with van der Waals surface area (Å²) in [7, 11) is 1.48. The molecule has 2 aromatic carbocycles. The van der Waals surface area contributed by atoms with Crippen molar-refractivity contribution in [2.75, 3.05) is 20.2 Å². The average molecular weight is 1270 g/mol. The molecule has 0 radical (unpaired) electrons. The highest BCUT2D eigenvalue weighted by Crippen LogP contribution is 2.28. The molecule has 0 unspecified atom stereocenters. The van der Waals surface area contributed by atoms with Crippen LogP contribution in [-0.2, 0) is 72.0 Å². The summed E-state index contributed by atoms with van der Waals surface area (Å²) in [5, 5.41) is 33.3. The molecule has 1 fully saturated rings. The zero-order valence-corrected chi connectivity index (χ0v) is 51.4. The van der Waals surface area contributed by atoms with E-state index in [0.29, 0.717) is 29.5 Å². The van der Waals surface area contributed by atoms with Crippen LogP contribution in [0.25, 0.3) is 0 Å². The van der Waals surface area contributed by atoms with Gasteiger partial charge in [0.15, 0.2) is 5.96 Å². The molecule has 4 rings (SSSR count). The Bertz CT molecular complexity index is 2960. The molecule has 1 aliphatic rings. The molecule has 1 heterocycles. The van der Waals surface area contributed by atoms with Crippen molar-refractivity contribution in [1.82, 2.24) is 63.7 Å². The minimum atomic E-state index is -1.87. The van der Waals surface area contributed by atoms with Crippen molar-refractivity contribution in [1.29, 1.82) is 0 Å². The number of nitrogens with one attached hydrogen (secondary N) is 11. The third-order valence-corrected chi connectivity index (χ3v) is 14.7. The molecular weight excluding hydrogens is 1180 g/mol. The minimum Gasteiger partial charge on any atom is -0.394 e. The maximum absolute atomic E-state index is 14.3. The lowest BCUT2D eigenvalue weighted by Crippen LogP contribution is -2.62. The molecule has 1 aliphatic carbocycles. The van der Waals surface area contributed by atoms with Crippen LogP contribution in [0, 0.1) is 11.8 Å². The molecule has 1 aromatic heterocycles. The van der Waals surface area contributed by atoms with Crippen LogP contribution in [0.2, 0.25) is 0 Å². The van der Waals surface area contributed by atoms with Crippen LogP contribution in [0.15, 0.2) is 90.2 Å². The number of nitrogens with zero attached hydrogens (tertiary/aromatic N) is 2. The van der Waals surface area contributed by atoms with Gasteiger partial charge in [0, 0.05) is 38.8 Å². The molecule has 0 bridgehead atoms. The van der Waals surface area contributed by atoms with E-state index in [-0.39, 0.29) is 69.3 Å². The molecule has 3 aromatic rings. The Morgan fingerprint density at radius 3 is 1.56 bits per heavy atom. The van der Waals surface area contributed by atoms with E-state index in [9.17, 15) is 62.6 Å². The lowest BCUT2D eigenvalue weighted by atomic mass is 9.84. The van der Waals surface area contributed by atoms with Crippen LogP contribution in [0.3, 0.4) is 0 Å². The first-order valence-electron chi connectivity index (χ1n) is 30.0. The van der Waals surface area contributed by atoms with Gasteiger partial charge in [0.25, 0.3) is 5.91 Å². The molecule has 0 spiro atoms. The monoisotopic (exact) mass is 1270 g/mol. The molecule has 31 heteroatoms. The van der Waals surface area contributed by atoms with Gasteiger partial charge in [0.1, 0.15) is 48.3 Å². The van der Waals surface area contributed by atoms with Crippen LogP contribution in [0.5, 0.6) is 0 Å². The second-order valence-electron chi connectivity index (χ2n) is 22.6. The molecule has 1 saturated carbocycles. The number of nitrogens with two attached hydrogens (primary N) is 5. The minimum absolute atomic E-state index is 0.0142. The fraction of sp³-hybridized carbons (Fsp3) is 0.500. The van der Waals surface area contributed by atoms with Crippen molar-refractivity contribution in [3.8, 4) is 0 Å². The van der Waals surface area contributed by atoms with Crippen molar-refractivity contribution in [3.05, 3.63) is 102 Å². The van der Waals surface area contributed by atoms with Crippen molar-refractivity contribution < 1.29 is 62.6 Å². The number of hydrogen-bond acceptors (Lipinski definition) is 16. The number of hydrogen-bond donors (Lipinski definition) is 17. The number of carbonyl (C=O) groups excluding carboxylic acids is 12. The molecule has 22 N–H and O–H groups in total. The summed E-state index contributed by atoms with van der Waals surface area (Å²) in [6, 6.07) is 6.02. The van der Waals surface area contributed by atoms with E-state index in [0.717, 1.165) is 19.3 Å². The number of amides is 13. The van der Waals surface area contributed by atoms with Gasteiger partial charge in [-0.05, 0) is 66.7 Å². The van der Waals surface area contributed by atoms with Crippen LogP contribution in [0.4, 0.5) is 4.79 Å². The summed E-state index contributed by atoms with van der Waals surface area (Å²) >= 11 is 0. The number of rotatable bonds is 36. The molecular formula is C60H88N18O13. The predicted octanol–water partition coefficient (Wildman–Crippen LogP) is -3.91. The number of aliphatic hydroxyl groups excluding tert-OH is 1. The number of pyridine rings is 1. The molecule has 496 valence electrons. The van der Waals surface area contributed by atoms with E-state index in [1.54, 1.807) is 86.6 Å². The lowest BCUT2D eigenvalue weighted by Gasteiger charge is -2.29. The first kappa shape index (κ1) is 73.7. The summed E-state index contributed by atoms with van der Waals surface area (Å²) in [5.41, 5.74) is 34.8. The highest BCUT2D eigenvalue weighted by Gasteiger charge is 2.36. The molecule has 31 nitrogen and oxygen atoms in total. The Morgan fingerprint density at radius 1 is 0.538 bits per heavy atom. The van der Waals surface area contributed by atoms with Gasteiger partial charge in [-0.3, -0.25) is 68.1 Å². The highest BCUT2D eigenvalue weighted by atomic mass is 16.3. The zero-order chi connectivity index (χ0) is 67.0. The first-order chi connectivity index (χ1) is 43.3. The van der Waals surface area contributed by atoms with E-state index < -0.39 is 145 Å². The number of guanidine groups is 1. The SMILES string of the molecule is CN=C(N)NCCC[C@H](NC(=O)[C@H](CC(C)C)NC(=O)NNC(=O)[C@H](Cc1ccccc1)NC(=O)[C@H](CO)NC(=O)[C@H](CC(N)=O)NC(=O)[C@H](CC1CCCCC1)NC(=O)[C@@H](CC(N)=O)NC(=O)[C@H](N)Cc1cccnc1)C(=O)N[C@@H](Cc1ccccc1)C(N)=O. The Hall–Kier alpha value is -9.78. The van der Waals surface area contributed by atoms with Crippen LogP contribution < -0.4 is 87.4 Å². The Labute approximate surface area is 527 Å². The predicted molar refractivity (Wildman–Crippen MR) is 333 cm³/mol. The Kier molecular flexibility index (Phi) is 31.2. The summed E-state index contributed by atoms with van der Waals surface area (Å²) in [6.07, 6.45) is 5.55. The maximum Gasteiger partial charge on any atom is 0.334 e. The summed E-state index contributed by atoms with van der Waals surface area (Å²) in [6.45, 7) is 2.67. The van der Waals surface area contributed by atoms with Crippen LogP contribution in [-0.4, -0.2) is 162 Å². The van der Waals surface area contributed by atoms with E-state index in [2.05, 4.69) is 68.7 Å². The standard InChI is InChI=1S/C60H88N18O13/c1-34(2)25-42(53(85)69-40(22-14-24-68-59(65)66-3)52(84)70-41(50(64)82)27-35-15-7-4-8-16-35)76-60(91)78-77-58(90)44(29-37-19-11-6-12-20-37)73-57(89)47(33-79)75-56(88)46(31-49(63)81)74-54(86)43(28-36-17-9-5-10-18-36)72-55(87)45(30-48(62)80)71-51(83)39(61)26-38-21-13-23-67-32-38/h4,6-8,11-13,15-16,19-21,23,32,34,36,39-47,79H,5,9-10,14,17-18,22,24-31,33,61H2,1-3H3,(H2,62,80)(H2,63,81)(H2,64,82)(H,69,85)(H,70,84)(H,71,83)(H,72,87)(H,73,89)(H,74,86)(H,75,88)(H,77,90)(H3,65,66,68)(H2,76,78,91)/t39-,40+,41+,42+,43+,44+,45-,46+,47+/m1/s1. The molecule has 0 aliphatic heterocycles. The second kappa shape index (κ2) is 38.6. The molecule has 13 amide bonds. The first-order valence-corrected chi connectivity index (χ1v) is 30.0. The number of urea groups is 1. The van der Waals surface area contributed by atoms with Crippen LogP contribution in [0.1, 0.15) is 101 Å². The quantitative estimate of drug-likeness (QED) is 0.0114. The summed E-state index contributed by atoms with van der Waals surface area (Å²) in [4.78, 5) is 170. The van der Waals surface area contributed by atoms with Crippen LogP contribution >= 0.6 is 0 Å². The lowest BCUT2D eigenvalue weighted by molar-refractivity contribution is -0.137. The van der Waals surface area contributed by atoms with Gasteiger partial charge in [-0.15, -0.1) is 0 Å². The fourth-order valence-corrected chi connectivity index (χ4v) is 9.89. The Morgan fingerprint density at radius 2 is 1.02 bits per heavy atom. The number of benzene rings is 2. The highest BCUT2D eigenvalue weighted by molar-refractivity contribution is 5.99. The van der Waals surface area contributed by atoms with Gasteiger partial charge in [-0.1, -0.05) is 113 Å². The second-order valence-corrected chi connectivity index (χ2v) is 22.6. The average Bonchev–Trinajstić information content (AvgIpc) is 3.62. The summed E-state index contributed by atoms with van der Waals surface area (Å²) in [5.74, 6) is -10.9. The number of aliphatic imine (C=N–C) groups is 1. The normalized spacial score (nSPS) is 15.3. The molecule has 91 heavy (non-hydrogen) atoms. The number of primary amides is 3.